The summed E-state index contributed by atoms with van der Waals surface area (Å²) in [5, 5.41) is 13.1. The largest absolute Gasteiger partial charge is 0.497 e. The molecule has 0 radical (unpaired) electrons. The summed E-state index contributed by atoms with van der Waals surface area (Å²) in [6, 6.07) is 15.9. The van der Waals surface area contributed by atoms with Crippen LogP contribution >= 0.6 is 0 Å². The van der Waals surface area contributed by atoms with Crippen molar-refractivity contribution in [2.24, 2.45) is 5.41 Å². The Kier molecular flexibility index (Phi) is 5.01. The van der Waals surface area contributed by atoms with E-state index in [2.05, 4.69) is 16.4 Å². The maximum absolute atomic E-state index is 12.4. The summed E-state index contributed by atoms with van der Waals surface area (Å²) >= 11 is 0. The van der Waals surface area contributed by atoms with Gasteiger partial charge in [0, 0.05) is 29.6 Å². The highest BCUT2D eigenvalue weighted by Gasteiger charge is 2.50. The van der Waals surface area contributed by atoms with E-state index in [1.54, 1.807) is 7.11 Å². The fourth-order valence-electron chi connectivity index (χ4n) is 3.68. The molecule has 0 saturated heterocycles. The first-order chi connectivity index (χ1) is 14.0. The molecule has 29 heavy (non-hydrogen) atoms. The highest BCUT2D eigenvalue weighted by Crippen LogP contribution is 2.45. The van der Waals surface area contributed by atoms with Crippen LogP contribution in [0.15, 0.2) is 48.5 Å². The van der Waals surface area contributed by atoms with Gasteiger partial charge < -0.3 is 20.1 Å². The van der Waals surface area contributed by atoms with Crippen molar-refractivity contribution in [2.45, 2.75) is 25.7 Å². The van der Waals surface area contributed by atoms with Crippen molar-refractivity contribution < 1.29 is 19.4 Å². The molecule has 1 heterocycles. The van der Waals surface area contributed by atoms with Crippen LogP contribution < -0.4 is 10.1 Å². The Balaban J connectivity index is 1.52. The molecule has 1 aliphatic rings. The molecule has 1 aromatic heterocycles. The third-order valence-electron chi connectivity index (χ3n) is 5.73. The van der Waals surface area contributed by atoms with E-state index >= 15 is 0 Å². The number of carbonyl (C=O) groups is 2. The van der Waals surface area contributed by atoms with Gasteiger partial charge in [0.25, 0.3) is 0 Å². The molecular weight excluding hydrogens is 368 g/mol. The normalized spacial score (nSPS) is 14.5. The number of aromatic nitrogens is 1. The van der Waals surface area contributed by atoms with Crippen molar-refractivity contribution in [1.29, 1.82) is 0 Å². The molecule has 0 spiro atoms. The summed E-state index contributed by atoms with van der Waals surface area (Å²) in [5.74, 6) is -0.155. The van der Waals surface area contributed by atoms with Gasteiger partial charge in [-0.25, -0.2) is 0 Å². The van der Waals surface area contributed by atoms with Crippen LogP contribution in [0.1, 0.15) is 24.8 Å². The molecule has 1 fully saturated rings. The van der Waals surface area contributed by atoms with Crippen LogP contribution in [0.3, 0.4) is 0 Å². The second kappa shape index (κ2) is 7.62. The Morgan fingerprint density at radius 1 is 1.14 bits per heavy atom. The molecule has 2 aromatic carbocycles. The van der Waals surface area contributed by atoms with Crippen LogP contribution in [0.25, 0.3) is 22.2 Å². The Labute approximate surface area is 168 Å². The number of carbonyl (C=O) groups excluding carboxylic acids is 1. The minimum Gasteiger partial charge on any atom is -0.497 e. The highest BCUT2D eigenvalue weighted by atomic mass is 16.5. The first-order valence-electron chi connectivity index (χ1n) is 9.76. The number of aromatic amines is 1. The smallest absolute Gasteiger partial charge is 0.311 e. The highest BCUT2D eigenvalue weighted by molar-refractivity contribution is 5.91. The number of fused-ring (bicyclic) bond motifs is 1. The van der Waals surface area contributed by atoms with Gasteiger partial charge in [0.05, 0.1) is 12.5 Å². The van der Waals surface area contributed by atoms with Crippen molar-refractivity contribution in [3.8, 4) is 17.0 Å². The molecule has 1 aliphatic carbocycles. The number of methoxy groups -OCH3 is 1. The standard InChI is InChI=1S/C23H24N2O4/c1-29-16-8-6-15(7-9-16)21-18(17-4-2-3-5-19(17)25-21)10-11-20(26)24-14-23(12-13-23)22(27)28/h2-9,25H,10-14H2,1H3,(H,24,26)(H,27,28). The Bertz CT molecular complexity index is 1050. The van der Waals surface area contributed by atoms with E-state index < -0.39 is 11.4 Å². The van der Waals surface area contributed by atoms with Gasteiger partial charge in [-0.2, -0.15) is 0 Å². The number of para-hydroxylation sites is 1. The van der Waals surface area contributed by atoms with E-state index in [-0.39, 0.29) is 12.5 Å². The van der Waals surface area contributed by atoms with Crippen LogP contribution in [-0.2, 0) is 16.0 Å². The zero-order valence-corrected chi connectivity index (χ0v) is 16.3. The van der Waals surface area contributed by atoms with Crippen molar-refractivity contribution in [3.63, 3.8) is 0 Å². The van der Waals surface area contributed by atoms with E-state index in [0.29, 0.717) is 25.7 Å². The molecule has 3 N–H and O–H groups in total. The number of carboxylic acids is 1. The maximum atomic E-state index is 12.4. The fourth-order valence-corrected chi connectivity index (χ4v) is 3.68. The second-order valence-electron chi connectivity index (χ2n) is 7.61. The number of carboxylic acid groups (broad SMARTS) is 1. The minimum atomic E-state index is -0.823. The minimum absolute atomic E-state index is 0.122. The van der Waals surface area contributed by atoms with Gasteiger partial charge in [0.1, 0.15) is 5.75 Å². The number of aryl methyl sites for hydroxylation is 1. The number of nitrogens with one attached hydrogen (secondary N) is 2. The summed E-state index contributed by atoms with van der Waals surface area (Å²) in [4.78, 5) is 27.1. The molecule has 0 bridgehead atoms. The molecule has 6 nitrogen and oxygen atoms in total. The topological polar surface area (TPSA) is 91.4 Å². The molecule has 1 amide bonds. The third-order valence-corrected chi connectivity index (χ3v) is 5.73. The van der Waals surface area contributed by atoms with Gasteiger partial charge in [-0.05, 0) is 60.7 Å². The Hall–Kier alpha value is -3.28. The van der Waals surface area contributed by atoms with Crippen molar-refractivity contribution in [2.75, 3.05) is 13.7 Å². The van der Waals surface area contributed by atoms with Gasteiger partial charge in [-0.3, -0.25) is 9.59 Å². The zero-order valence-electron chi connectivity index (χ0n) is 16.3. The average molecular weight is 392 g/mol. The van der Waals surface area contributed by atoms with Crippen LogP contribution in [0.2, 0.25) is 0 Å². The molecular formula is C23H24N2O4. The lowest BCUT2D eigenvalue weighted by atomic mass is 10.0. The SMILES string of the molecule is COc1ccc(-c2[nH]c3ccccc3c2CCC(=O)NCC2(C(=O)O)CC2)cc1. The number of benzene rings is 2. The Morgan fingerprint density at radius 3 is 2.52 bits per heavy atom. The average Bonchev–Trinajstić information content (AvgIpc) is 3.46. The molecule has 150 valence electrons. The quantitative estimate of drug-likeness (QED) is 0.544. The second-order valence-corrected chi connectivity index (χ2v) is 7.61. The van der Waals surface area contributed by atoms with E-state index in [9.17, 15) is 14.7 Å². The number of H-pyrrole nitrogens is 1. The molecule has 6 heteroatoms. The van der Waals surface area contributed by atoms with Crippen LogP contribution in [0.5, 0.6) is 5.75 Å². The van der Waals surface area contributed by atoms with E-state index in [4.69, 9.17) is 4.74 Å². The van der Waals surface area contributed by atoms with Crippen LogP contribution in [0.4, 0.5) is 0 Å². The van der Waals surface area contributed by atoms with Gasteiger partial charge in [-0.15, -0.1) is 0 Å². The predicted molar refractivity (Wildman–Crippen MR) is 111 cm³/mol. The number of ether oxygens (including phenoxy) is 1. The van der Waals surface area contributed by atoms with Gasteiger partial charge in [0.2, 0.25) is 5.91 Å². The number of rotatable bonds is 8. The van der Waals surface area contributed by atoms with Gasteiger partial charge in [0.15, 0.2) is 0 Å². The van der Waals surface area contributed by atoms with E-state index in [1.807, 2.05) is 42.5 Å². The van der Waals surface area contributed by atoms with Crippen molar-refractivity contribution in [3.05, 3.63) is 54.1 Å². The lowest BCUT2D eigenvalue weighted by molar-refractivity contribution is -0.143. The lowest BCUT2D eigenvalue weighted by Gasteiger charge is -2.11. The molecule has 4 rings (SSSR count). The first kappa shape index (κ1) is 19.1. The van der Waals surface area contributed by atoms with Crippen molar-refractivity contribution in [1.82, 2.24) is 10.3 Å². The van der Waals surface area contributed by atoms with E-state index in [1.165, 1.54) is 0 Å². The van der Waals surface area contributed by atoms with Crippen molar-refractivity contribution >= 4 is 22.8 Å². The molecule has 0 unspecified atom stereocenters. The van der Waals surface area contributed by atoms with E-state index in [0.717, 1.165) is 33.5 Å². The van der Waals surface area contributed by atoms with Crippen LogP contribution in [0, 0.1) is 5.41 Å². The first-order valence-corrected chi connectivity index (χ1v) is 9.76. The predicted octanol–water partition coefficient (Wildman–Crippen LogP) is 3.76. The summed E-state index contributed by atoms with van der Waals surface area (Å²) in [5.41, 5.74) is 3.38. The monoisotopic (exact) mass is 392 g/mol. The fraction of sp³-hybridized carbons (Fsp3) is 0.304. The van der Waals surface area contributed by atoms with Gasteiger partial charge in [-0.1, -0.05) is 18.2 Å². The summed E-state index contributed by atoms with van der Waals surface area (Å²) in [6.07, 6.45) is 2.14. The number of hydrogen-bond donors (Lipinski definition) is 3. The van der Waals surface area contributed by atoms with Crippen LogP contribution in [-0.4, -0.2) is 35.6 Å². The number of hydrogen-bond acceptors (Lipinski definition) is 3. The third kappa shape index (κ3) is 3.83. The summed E-state index contributed by atoms with van der Waals surface area (Å²) in [6.45, 7) is 0.209. The van der Waals surface area contributed by atoms with Gasteiger partial charge >= 0.3 is 5.97 Å². The summed E-state index contributed by atoms with van der Waals surface area (Å²) < 4.78 is 5.24. The maximum Gasteiger partial charge on any atom is 0.311 e. The zero-order chi connectivity index (χ0) is 20.4. The molecule has 0 aliphatic heterocycles. The summed E-state index contributed by atoms with van der Waals surface area (Å²) in [7, 11) is 1.64. The molecule has 1 saturated carbocycles. The molecule has 3 aromatic rings. The number of aliphatic carboxylic acids is 1. The Morgan fingerprint density at radius 2 is 1.86 bits per heavy atom. The lowest BCUT2D eigenvalue weighted by Crippen LogP contribution is -2.34. The molecule has 0 atom stereocenters. The number of amides is 1.